The molecule has 0 spiro atoms. The summed E-state index contributed by atoms with van der Waals surface area (Å²) >= 11 is 0. The Morgan fingerprint density at radius 1 is 0.864 bits per heavy atom. The van der Waals surface area contributed by atoms with E-state index < -0.39 is 23.6 Å². The normalized spacial score (nSPS) is 12.2. The van der Waals surface area contributed by atoms with E-state index in [-0.39, 0.29) is 5.78 Å². The smallest absolute Gasteiger partial charge is 0.410 e. The summed E-state index contributed by atoms with van der Waals surface area (Å²) in [6.45, 7) is 5.31. The topological polar surface area (TPSA) is 93.5 Å². The number of hydrogen-bond acceptors (Lipinski definition) is 5. The maximum absolute atomic E-state index is 13.6. The fourth-order valence-corrected chi connectivity index (χ4v) is 4.76. The van der Waals surface area contributed by atoms with Crippen molar-refractivity contribution in [1.82, 2.24) is 14.7 Å². The van der Waals surface area contributed by atoms with E-state index in [0.717, 1.165) is 16.5 Å². The molecule has 1 unspecified atom stereocenters. The van der Waals surface area contributed by atoms with E-state index in [1.54, 1.807) is 86.2 Å². The van der Waals surface area contributed by atoms with Gasteiger partial charge < -0.3 is 10.1 Å². The number of aromatic nitrogens is 2. The van der Waals surface area contributed by atoms with Gasteiger partial charge in [-0.3, -0.25) is 14.5 Å². The van der Waals surface area contributed by atoms with Crippen molar-refractivity contribution in [2.45, 2.75) is 32.4 Å². The number of hydrogen-bond donors (Lipinski definition) is 1. The molecular weight excluding hydrogens is 552 g/mol. The molecule has 1 N–H and O–H groups in total. The van der Waals surface area contributed by atoms with Crippen LogP contribution in [-0.4, -0.2) is 45.1 Å². The second-order valence-corrected chi connectivity index (χ2v) is 11.4. The van der Waals surface area contributed by atoms with Gasteiger partial charge in [-0.25, -0.2) is 9.48 Å². The highest BCUT2D eigenvalue weighted by Crippen LogP contribution is 2.25. The van der Waals surface area contributed by atoms with Crippen LogP contribution >= 0.6 is 0 Å². The minimum absolute atomic E-state index is 0.201. The molecular formula is C36H34N4O4. The maximum Gasteiger partial charge on any atom is 0.410 e. The van der Waals surface area contributed by atoms with Crippen molar-refractivity contribution >= 4 is 46.6 Å². The molecule has 8 heteroatoms. The van der Waals surface area contributed by atoms with Crippen molar-refractivity contribution in [2.75, 3.05) is 12.4 Å². The standard InChI is InChI=1S/C36H34N4O4/c1-36(2,3)44-35(43)39(4)32(26-14-9-6-10-15-26)34(42)38-30-17-11-16-27(22-30)33(41)28-18-19-29-24-37-40(31(29)23-28)21-20-25-12-7-5-8-13-25/h5-24,32H,1-4H3,(H,38,42)/b21-20-. The predicted octanol–water partition coefficient (Wildman–Crippen LogP) is 7.44. The molecule has 44 heavy (non-hydrogen) atoms. The molecule has 8 nitrogen and oxygen atoms in total. The Morgan fingerprint density at radius 2 is 1.55 bits per heavy atom. The molecule has 0 aliphatic heterocycles. The molecule has 222 valence electrons. The number of carbonyl (C=O) groups excluding carboxylic acids is 3. The number of carbonyl (C=O) groups is 3. The van der Waals surface area contributed by atoms with Gasteiger partial charge in [0.2, 0.25) is 0 Å². The number of benzene rings is 4. The number of amides is 2. The molecule has 0 aliphatic carbocycles. The van der Waals surface area contributed by atoms with Gasteiger partial charge in [-0.05, 0) is 56.2 Å². The van der Waals surface area contributed by atoms with E-state index in [4.69, 9.17) is 4.74 Å². The van der Waals surface area contributed by atoms with Crippen LogP contribution in [0.25, 0.3) is 23.2 Å². The third-order valence-electron chi connectivity index (χ3n) is 6.89. The maximum atomic E-state index is 13.6. The van der Waals surface area contributed by atoms with Crippen LogP contribution < -0.4 is 5.32 Å². The van der Waals surface area contributed by atoms with Crippen LogP contribution in [0.1, 0.15) is 53.9 Å². The van der Waals surface area contributed by atoms with Crippen molar-refractivity contribution in [3.63, 3.8) is 0 Å². The lowest BCUT2D eigenvalue weighted by atomic mass is 10.0. The van der Waals surface area contributed by atoms with Gasteiger partial charge in [-0.1, -0.05) is 84.9 Å². The van der Waals surface area contributed by atoms with Crippen molar-refractivity contribution in [2.24, 2.45) is 0 Å². The van der Waals surface area contributed by atoms with E-state index >= 15 is 0 Å². The number of rotatable bonds is 8. The molecule has 4 aromatic carbocycles. The van der Waals surface area contributed by atoms with Crippen molar-refractivity contribution < 1.29 is 19.1 Å². The number of likely N-dealkylation sites (N-methyl/N-ethyl adjacent to an activating group) is 1. The van der Waals surface area contributed by atoms with Crippen LogP contribution in [0.2, 0.25) is 0 Å². The summed E-state index contributed by atoms with van der Waals surface area (Å²) in [5.74, 6) is -0.641. The zero-order chi connectivity index (χ0) is 31.3. The Labute approximate surface area is 256 Å². The zero-order valence-corrected chi connectivity index (χ0v) is 25.1. The molecule has 1 atom stereocenters. The molecule has 2 amide bonds. The van der Waals surface area contributed by atoms with E-state index in [2.05, 4.69) is 10.4 Å². The van der Waals surface area contributed by atoms with Gasteiger partial charge in [-0.15, -0.1) is 0 Å². The summed E-state index contributed by atoms with van der Waals surface area (Å²) in [7, 11) is 1.53. The van der Waals surface area contributed by atoms with Crippen molar-refractivity contribution in [3.8, 4) is 0 Å². The minimum atomic E-state index is -0.961. The summed E-state index contributed by atoms with van der Waals surface area (Å²) in [5, 5.41) is 8.24. The van der Waals surface area contributed by atoms with Crippen LogP contribution in [0.3, 0.4) is 0 Å². The summed E-state index contributed by atoms with van der Waals surface area (Å²) in [6.07, 6.45) is 4.95. The number of fused-ring (bicyclic) bond motifs is 1. The van der Waals surface area contributed by atoms with E-state index in [1.165, 1.54) is 11.9 Å². The third kappa shape index (κ3) is 7.10. The van der Waals surface area contributed by atoms with Gasteiger partial charge in [-0.2, -0.15) is 5.10 Å². The molecule has 0 aliphatic rings. The number of ether oxygens (including phenoxy) is 1. The molecule has 0 saturated heterocycles. The van der Waals surface area contributed by atoms with Crippen LogP contribution in [0.5, 0.6) is 0 Å². The lowest BCUT2D eigenvalue weighted by molar-refractivity contribution is -0.121. The molecule has 0 saturated carbocycles. The first kappa shape index (κ1) is 30.0. The highest BCUT2D eigenvalue weighted by atomic mass is 16.6. The average Bonchev–Trinajstić information content (AvgIpc) is 3.42. The highest BCUT2D eigenvalue weighted by Gasteiger charge is 2.31. The van der Waals surface area contributed by atoms with Crippen LogP contribution in [0.15, 0.2) is 109 Å². The first-order valence-corrected chi connectivity index (χ1v) is 14.3. The molecule has 1 aromatic heterocycles. The molecule has 0 bridgehead atoms. The molecule has 5 rings (SSSR count). The van der Waals surface area contributed by atoms with E-state index in [1.807, 2.05) is 60.8 Å². The average molecular weight is 587 g/mol. The second-order valence-electron chi connectivity index (χ2n) is 11.4. The quantitative estimate of drug-likeness (QED) is 0.191. The van der Waals surface area contributed by atoms with E-state index in [0.29, 0.717) is 22.4 Å². The van der Waals surface area contributed by atoms with Gasteiger partial charge >= 0.3 is 6.09 Å². The number of nitrogens with zero attached hydrogens (tertiary/aromatic N) is 3. The van der Waals surface area contributed by atoms with Gasteiger partial charge in [0.25, 0.3) is 5.91 Å². The van der Waals surface area contributed by atoms with Gasteiger partial charge in [0.05, 0.1) is 11.7 Å². The minimum Gasteiger partial charge on any atom is -0.444 e. The Hall–Kier alpha value is -5.50. The van der Waals surface area contributed by atoms with Crippen molar-refractivity contribution in [1.29, 1.82) is 0 Å². The lowest BCUT2D eigenvalue weighted by Gasteiger charge is -2.30. The fraction of sp³-hybridized carbons (Fsp3) is 0.167. The fourth-order valence-electron chi connectivity index (χ4n) is 4.76. The van der Waals surface area contributed by atoms with Gasteiger partial charge in [0, 0.05) is 35.4 Å². The van der Waals surface area contributed by atoms with Crippen molar-refractivity contribution in [3.05, 3.63) is 132 Å². The monoisotopic (exact) mass is 586 g/mol. The van der Waals surface area contributed by atoms with E-state index in [9.17, 15) is 14.4 Å². The number of anilines is 1. The first-order valence-electron chi connectivity index (χ1n) is 14.3. The molecule has 0 radical (unpaired) electrons. The Kier molecular flexibility index (Phi) is 8.71. The first-order chi connectivity index (χ1) is 21.1. The lowest BCUT2D eigenvalue weighted by Crippen LogP contribution is -2.41. The molecule has 1 heterocycles. The third-order valence-corrected chi connectivity index (χ3v) is 6.89. The summed E-state index contributed by atoms with van der Waals surface area (Å²) in [5.41, 5.74) is 3.05. The number of nitrogens with one attached hydrogen (secondary N) is 1. The second kappa shape index (κ2) is 12.8. The van der Waals surface area contributed by atoms with Crippen LogP contribution in [-0.2, 0) is 9.53 Å². The Bertz CT molecular complexity index is 1820. The number of ketones is 1. The zero-order valence-electron chi connectivity index (χ0n) is 25.1. The highest BCUT2D eigenvalue weighted by molar-refractivity contribution is 6.11. The molecule has 5 aromatic rings. The van der Waals surface area contributed by atoms with Crippen LogP contribution in [0, 0.1) is 0 Å². The van der Waals surface area contributed by atoms with Crippen LogP contribution in [0.4, 0.5) is 10.5 Å². The largest absolute Gasteiger partial charge is 0.444 e. The Morgan fingerprint density at radius 3 is 2.25 bits per heavy atom. The molecule has 0 fully saturated rings. The van der Waals surface area contributed by atoms with Gasteiger partial charge in [0.1, 0.15) is 11.6 Å². The Balaban J connectivity index is 1.38. The summed E-state index contributed by atoms with van der Waals surface area (Å²) in [6, 6.07) is 30.1. The predicted molar refractivity (Wildman–Crippen MR) is 173 cm³/mol. The summed E-state index contributed by atoms with van der Waals surface area (Å²) < 4.78 is 7.26. The summed E-state index contributed by atoms with van der Waals surface area (Å²) in [4.78, 5) is 41.4. The van der Waals surface area contributed by atoms with Gasteiger partial charge in [0.15, 0.2) is 5.78 Å². The SMILES string of the molecule is CN(C(=O)OC(C)(C)C)C(C(=O)Nc1cccc(C(=O)c2ccc3cnn(/C=C\c4ccccc4)c3c2)c1)c1ccccc1.